The predicted molar refractivity (Wildman–Crippen MR) is 100 cm³/mol. The van der Waals surface area contributed by atoms with Crippen LogP contribution in [0.5, 0.6) is 0 Å². The first kappa shape index (κ1) is 17.4. The van der Waals surface area contributed by atoms with E-state index in [-0.39, 0.29) is 11.8 Å². The number of anilines is 1. The minimum atomic E-state index is -0.158. The zero-order valence-corrected chi connectivity index (χ0v) is 14.7. The lowest BCUT2D eigenvalue weighted by Gasteiger charge is -2.07. The molecule has 0 unspecified atom stereocenters. The number of carbonyl (C=O) groups is 2. The zero-order valence-electron chi connectivity index (χ0n) is 14.7. The van der Waals surface area contributed by atoms with E-state index in [0.29, 0.717) is 12.1 Å². The summed E-state index contributed by atoms with van der Waals surface area (Å²) in [6, 6.07) is 14.9. The molecule has 1 aromatic heterocycles. The number of hydrogen-bond donors (Lipinski definition) is 2. The molecule has 0 aliphatic heterocycles. The molecule has 3 aromatic rings. The van der Waals surface area contributed by atoms with Crippen LogP contribution in [0, 0.1) is 6.92 Å². The van der Waals surface area contributed by atoms with Gasteiger partial charge in [0, 0.05) is 36.5 Å². The lowest BCUT2D eigenvalue weighted by Crippen LogP contribution is -2.18. The van der Waals surface area contributed by atoms with Crippen molar-refractivity contribution < 1.29 is 9.59 Å². The summed E-state index contributed by atoms with van der Waals surface area (Å²) < 4.78 is 1.71. The van der Waals surface area contributed by atoms with Crippen molar-refractivity contribution in [2.45, 2.75) is 20.4 Å². The molecule has 0 saturated heterocycles. The van der Waals surface area contributed by atoms with Gasteiger partial charge >= 0.3 is 0 Å². The molecule has 3 rings (SSSR count). The van der Waals surface area contributed by atoms with Crippen LogP contribution in [-0.2, 0) is 11.3 Å². The topological polar surface area (TPSA) is 76.0 Å². The molecule has 6 nitrogen and oxygen atoms in total. The van der Waals surface area contributed by atoms with Gasteiger partial charge in [-0.05, 0) is 48.9 Å². The van der Waals surface area contributed by atoms with E-state index in [1.54, 1.807) is 23.0 Å². The Balaban J connectivity index is 1.68. The molecule has 0 fully saturated rings. The molecule has 132 valence electrons. The summed E-state index contributed by atoms with van der Waals surface area (Å²) >= 11 is 0. The first-order chi connectivity index (χ1) is 12.5. The largest absolute Gasteiger partial charge is 0.352 e. The minimum Gasteiger partial charge on any atom is -0.352 e. The van der Waals surface area contributed by atoms with Gasteiger partial charge in [-0.2, -0.15) is 5.10 Å². The highest BCUT2D eigenvalue weighted by atomic mass is 16.2. The molecule has 0 radical (unpaired) electrons. The minimum absolute atomic E-state index is 0.0817. The van der Waals surface area contributed by atoms with Gasteiger partial charge in [0.2, 0.25) is 5.91 Å². The van der Waals surface area contributed by atoms with E-state index >= 15 is 0 Å². The van der Waals surface area contributed by atoms with Gasteiger partial charge in [0.1, 0.15) is 0 Å². The molecule has 0 atom stereocenters. The number of carbonyl (C=O) groups excluding carboxylic acids is 2. The van der Waals surface area contributed by atoms with Crippen molar-refractivity contribution in [2.75, 3.05) is 5.32 Å². The van der Waals surface area contributed by atoms with Gasteiger partial charge < -0.3 is 10.6 Å². The monoisotopic (exact) mass is 348 g/mol. The molecule has 26 heavy (non-hydrogen) atoms. The van der Waals surface area contributed by atoms with Crippen LogP contribution < -0.4 is 10.6 Å². The molecule has 2 aromatic carbocycles. The highest BCUT2D eigenvalue weighted by Gasteiger charge is 2.07. The molecule has 2 amide bonds. The van der Waals surface area contributed by atoms with E-state index in [0.717, 1.165) is 22.5 Å². The molecule has 6 heteroatoms. The van der Waals surface area contributed by atoms with Crippen molar-refractivity contribution in [2.24, 2.45) is 0 Å². The van der Waals surface area contributed by atoms with E-state index < -0.39 is 0 Å². The molecule has 2 N–H and O–H groups in total. The first-order valence-corrected chi connectivity index (χ1v) is 8.28. The third-order valence-electron chi connectivity index (χ3n) is 3.85. The van der Waals surface area contributed by atoms with Gasteiger partial charge in [-0.3, -0.25) is 9.59 Å². The van der Waals surface area contributed by atoms with Crippen LogP contribution >= 0.6 is 0 Å². The number of nitrogens with one attached hydrogen (secondary N) is 2. The van der Waals surface area contributed by atoms with E-state index in [4.69, 9.17) is 0 Å². The summed E-state index contributed by atoms with van der Waals surface area (Å²) in [4.78, 5) is 23.3. The predicted octanol–water partition coefficient (Wildman–Crippen LogP) is 3.07. The van der Waals surface area contributed by atoms with Gasteiger partial charge in [0.05, 0.1) is 11.9 Å². The summed E-state index contributed by atoms with van der Waals surface area (Å²) in [7, 11) is 0. The molecule has 0 bridgehead atoms. The summed E-state index contributed by atoms with van der Waals surface area (Å²) in [5.41, 5.74) is 4.18. The van der Waals surface area contributed by atoms with Crippen LogP contribution in [0.4, 0.5) is 5.69 Å². The quantitative estimate of drug-likeness (QED) is 0.744. The van der Waals surface area contributed by atoms with Crippen molar-refractivity contribution in [1.82, 2.24) is 15.1 Å². The number of benzene rings is 2. The molecule has 0 aliphatic rings. The lowest BCUT2D eigenvalue weighted by atomic mass is 10.1. The Bertz CT molecular complexity index is 929. The Morgan fingerprint density at radius 3 is 2.58 bits per heavy atom. The maximum atomic E-state index is 12.4. The van der Waals surface area contributed by atoms with E-state index in [9.17, 15) is 9.59 Å². The number of amides is 2. The normalized spacial score (nSPS) is 10.4. The van der Waals surface area contributed by atoms with E-state index in [1.807, 2.05) is 49.5 Å². The molecule has 0 saturated carbocycles. The maximum absolute atomic E-state index is 12.4. The highest BCUT2D eigenvalue weighted by molar-refractivity contribution is 6.04. The highest BCUT2D eigenvalue weighted by Crippen LogP contribution is 2.14. The second kappa shape index (κ2) is 7.65. The van der Waals surface area contributed by atoms with Crippen LogP contribution in [0.3, 0.4) is 0 Å². The van der Waals surface area contributed by atoms with Crippen molar-refractivity contribution in [3.63, 3.8) is 0 Å². The molecular weight excluding hydrogens is 328 g/mol. The Labute approximate surface area is 151 Å². The summed E-state index contributed by atoms with van der Waals surface area (Å²) in [6.07, 6.45) is 3.55. The smallest absolute Gasteiger partial charge is 0.255 e. The number of rotatable bonds is 5. The third-order valence-corrected chi connectivity index (χ3v) is 3.85. The number of hydrogen-bond acceptors (Lipinski definition) is 3. The zero-order chi connectivity index (χ0) is 18.5. The van der Waals surface area contributed by atoms with E-state index in [1.165, 1.54) is 6.92 Å². The third kappa shape index (κ3) is 4.36. The first-order valence-electron chi connectivity index (χ1n) is 8.28. The fraction of sp³-hybridized carbons (Fsp3) is 0.150. The van der Waals surface area contributed by atoms with Crippen LogP contribution in [0.15, 0.2) is 60.9 Å². The summed E-state index contributed by atoms with van der Waals surface area (Å²) in [5.74, 6) is -0.240. The van der Waals surface area contributed by atoms with Crippen molar-refractivity contribution >= 4 is 17.5 Å². The van der Waals surface area contributed by atoms with Crippen molar-refractivity contribution in [3.8, 4) is 5.69 Å². The van der Waals surface area contributed by atoms with E-state index in [2.05, 4.69) is 15.7 Å². The molecule has 0 spiro atoms. The van der Waals surface area contributed by atoms with Gasteiger partial charge in [0.15, 0.2) is 0 Å². The molecule has 1 heterocycles. The van der Waals surface area contributed by atoms with Gasteiger partial charge in [-0.15, -0.1) is 0 Å². The average molecular weight is 348 g/mol. The Morgan fingerprint density at radius 1 is 1.12 bits per heavy atom. The van der Waals surface area contributed by atoms with Crippen molar-refractivity contribution in [1.29, 1.82) is 0 Å². The lowest BCUT2D eigenvalue weighted by molar-refractivity contribution is -0.119. The van der Waals surface area contributed by atoms with Crippen LogP contribution in [0.25, 0.3) is 5.69 Å². The Hall–Kier alpha value is -3.41. The van der Waals surface area contributed by atoms with Crippen molar-refractivity contribution in [3.05, 3.63) is 77.6 Å². The SMILES string of the molecule is CC(=O)NCc1cnn(-c2ccc(C(=O)Nc3cccc(C)c3)cc2)c1. The van der Waals surface area contributed by atoms with Crippen LogP contribution in [-0.4, -0.2) is 21.6 Å². The van der Waals surface area contributed by atoms with Gasteiger partial charge in [0.25, 0.3) is 5.91 Å². The van der Waals surface area contributed by atoms with Crippen LogP contribution in [0.2, 0.25) is 0 Å². The number of aryl methyl sites for hydroxylation is 1. The fourth-order valence-corrected chi connectivity index (χ4v) is 2.51. The second-order valence-corrected chi connectivity index (χ2v) is 6.07. The standard InChI is InChI=1S/C20H20N4O2/c1-14-4-3-5-18(10-14)23-20(26)17-6-8-19(9-7-17)24-13-16(12-22-24)11-21-15(2)25/h3-10,12-13H,11H2,1-2H3,(H,21,25)(H,23,26). The Kier molecular flexibility index (Phi) is 5.12. The van der Waals surface area contributed by atoms with Gasteiger partial charge in [-0.25, -0.2) is 4.68 Å². The average Bonchev–Trinajstić information content (AvgIpc) is 3.09. The number of nitrogens with zero attached hydrogens (tertiary/aromatic N) is 2. The summed E-state index contributed by atoms with van der Waals surface area (Å²) in [6.45, 7) is 3.89. The summed E-state index contributed by atoms with van der Waals surface area (Å²) in [5, 5.41) is 9.90. The maximum Gasteiger partial charge on any atom is 0.255 e. The Morgan fingerprint density at radius 2 is 1.88 bits per heavy atom. The number of aromatic nitrogens is 2. The molecule has 0 aliphatic carbocycles. The second-order valence-electron chi connectivity index (χ2n) is 6.07. The van der Waals surface area contributed by atoms with Crippen LogP contribution in [0.1, 0.15) is 28.4 Å². The molecular formula is C20H20N4O2. The van der Waals surface area contributed by atoms with Gasteiger partial charge in [-0.1, -0.05) is 12.1 Å². The fourth-order valence-electron chi connectivity index (χ4n) is 2.51.